The van der Waals surface area contributed by atoms with Crippen LogP contribution in [0.25, 0.3) is 39.1 Å². The fraction of sp³-hybridized carbons (Fsp3) is 0.222. The van der Waals surface area contributed by atoms with Crippen molar-refractivity contribution >= 4 is 28.1 Å². The first-order chi connectivity index (χ1) is 17.1. The molecule has 0 unspecified atom stereocenters. The van der Waals surface area contributed by atoms with Crippen LogP contribution in [0.2, 0.25) is 0 Å². The zero-order chi connectivity index (χ0) is 23.9. The molecule has 1 aliphatic carbocycles. The van der Waals surface area contributed by atoms with E-state index in [1.54, 1.807) is 6.20 Å². The Morgan fingerprint density at radius 3 is 2.51 bits per heavy atom. The van der Waals surface area contributed by atoms with Crippen LogP contribution in [0, 0.1) is 5.92 Å². The van der Waals surface area contributed by atoms with Crippen LogP contribution < -0.4 is 11.5 Å². The second kappa shape index (κ2) is 8.47. The predicted octanol–water partition coefficient (Wildman–Crippen LogP) is 4.35. The second-order valence-corrected chi connectivity index (χ2v) is 9.13. The number of hydrogen-bond acceptors (Lipinski definition) is 6. The number of nitrogen functional groups attached to an aromatic ring is 1. The Morgan fingerprint density at radius 2 is 1.74 bits per heavy atom. The molecule has 3 heterocycles. The van der Waals surface area contributed by atoms with Gasteiger partial charge in [-0.2, -0.15) is 0 Å². The third-order valence-electron chi connectivity index (χ3n) is 6.99. The maximum absolute atomic E-state index is 11.6. The van der Waals surface area contributed by atoms with Gasteiger partial charge in [-0.3, -0.25) is 9.20 Å². The van der Waals surface area contributed by atoms with E-state index in [0.29, 0.717) is 11.6 Å². The Morgan fingerprint density at radius 1 is 0.943 bits per heavy atom. The Balaban J connectivity index is 1.44. The van der Waals surface area contributed by atoms with E-state index in [4.69, 9.17) is 21.4 Å². The van der Waals surface area contributed by atoms with Gasteiger partial charge in [-0.05, 0) is 31.7 Å². The van der Waals surface area contributed by atoms with Gasteiger partial charge in [-0.25, -0.2) is 19.9 Å². The minimum Gasteiger partial charge on any atom is -0.382 e. The van der Waals surface area contributed by atoms with Gasteiger partial charge < -0.3 is 11.5 Å². The smallest absolute Gasteiger partial charge is 0.220 e. The molecule has 0 radical (unpaired) electrons. The van der Waals surface area contributed by atoms with Crippen molar-refractivity contribution < 1.29 is 4.79 Å². The van der Waals surface area contributed by atoms with Crippen molar-refractivity contribution in [3.8, 4) is 22.6 Å². The van der Waals surface area contributed by atoms with Crippen LogP contribution in [0.1, 0.15) is 37.4 Å². The van der Waals surface area contributed by atoms with Crippen LogP contribution in [0.3, 0.4) is 0 Å². The van der Waals surface area contributed by atoms with E-state index < -0.39 is 0 Å². The summed E-state index contributed by atoms with van der Waals surface area (Å²) >= 11 is 0. The number of aromatic nitrogens is 5. The van der Waals surface area contributed by atoms with Crippen LogP contribution in [0.15, 0.2) is 67.1 Å². The summed E-state index contributed by atoms with van der Waals surface area (Å²) in [5.74, 6) is 2.01. The van der Waals surface area contributed by atoms with E-state index in [0.717, 1.165) is 64.7 Å². The predicted molar refractivity (Wildman–Crippen MR) is 135 cm³/mol. The van der Waals surface area contributed by atoms with E-state index in [-0.39, 0.29) is 17.7 Å². The molecule has 4 N–H and O–H groups in total. The molecule has 3 aromatic heterocycles. The number of hydrogen-bond donors (Lipinski definition) is 2. The molecule has 2 aromatic carbocycles. The van der Waals surface area contributed by atoms with Crippen LogP contribution >= 0.6 is 0 Å². The molecular formula is C27H25N7O. The molecular weight excluding hydrogens is 438 g/mol. The number of carbonyl (C=O) groups is 1. The number of amides is 1. The molecule has 1 amide bonds. The number of primary amides is 1. The normalized spacial score (nSPS) is 18.2. The Hall–Kier alpha value is -4.33. The van der Waals surface area contributed by atoms with Gasteiger partial charge in [0.05, 0.1) is 5.52 Å². The van der Waals surface area contributed by atoms with Crippen molar-refractivity contribution in [1.29, 1.82) is 0 Å². The highest BCUT2D eigenvalue weighted by Gasteiger charge is 2.29. The van der Waals surface area contributed by atoms with E-state index >= 15 is 0 Å². The van der Waals surface area contributed by atoms with Crippen LogP contribution in [-0.2, 0) is 4.79 Å². The number of anilines is 1. The summed E-state index contributed by atoms with van der Waals surface area (Å²) in [6, 6.07) is 16.0. The molecule has 1 saturated carbocycles. The van der Waals surface area contributed by atoms with Crippen molar-refractivity contribution in [2.75, 3.05) is 5.73 Å². The van der Waals surface area contributed by atoms with Crippen LogP contribution in [0.5, 0.6) is 0 Å². The third kappa shape index (κ3) is 3.77. The number of nitrogens with zero attached hydrogens (tertiary/aromatic N) is 5. The van der Waals surface area contributed by atoms with Crippen molar-refractivity contribution in [2.45, 2.75) is 31.6 Å². The van der Waals surface area contributed by atoms with E-state index in [9.17, 15) is 4.79 Å². The molecule has 5 aromatic rings. The topological polar surface area (TPSA) is 125 Å². The van der Waals surface area contributed by atoms with E-state index in [2.05, 4.69) is 9.97 Å². The lowest BCUT2D eigenvalue weighted by Gasteiger charge is -2.25. The zero-order valence-corrected chi connectivity index (χ0v) is 19.1. The van der Waals surface area contributed by atoms with Crippen LogP contribution in [0.4, 0.5) is 5.82 Å². The number of imidazole rings is 1. The SMILES string of the molecule is NC(=O)C1CCC(c2nc(-c3ccc4cnc(-c5ccccc5)nc4c3)c3c(N)nccn23)CC1. The summed E-state index contributed by atoms with van der Waals surface area (Å²) in [6.07, 6.45) is 8.73. The first-order valence-corrected chi connectivity index (χ1v) is 11.8. The average molecular weight is 464 g/mol. The lowest BCUT2D eigenvalue weighted by Crippen LogP contribution is -2.27. The minimum atomic E-state index is -0.210. The summed E-state index contributed by atoms with van der Waals surface area (Å²) in [4.78, 5) is 30.4. The van der Waals surface area contributed by atoms with Crippen molar-refractivity contribution in [3.05, 3.63) is 72.9 Å². The van der Waals surface area contributed by atoms with Gasteiger partial charge in [-0.15, -0.1) is 0 Å². The minimum absolute atomic E-state index is 0.0531. The summed E-state index contributed by atoms with van der Waals surface area (Å²) in [5.41, 5.74) is 16.2. The fourth-order valence-corrected chi connectivity index (χ4v) is 5.11. The first kappa shape index (κ1) is 21.2. The van der Waals surface area contributed by atoms with Crippen molar-refractivity contribution in [2.24, 2.45) is 11.7 Å². The number of rotatable bonds is 4. The largest absolute Gasteiger partial charge is 0.382 e. The monoisotopic (exact) mass is 463 g/mol. The summed E-state index contributed by atoms with van der Waals surface area (Å²) in [5, 5.41) is 0.952. The maximum atomic E-state index is 11.6. The molecule has 1 fully saturated rings. The number of carbonyl (C=O) groups excluding carboxylic acids is 1. The molecule has 8 nitrogen and oxygen atoms in total. The molecule has 0 aliphatic heterocycles. The standard InChI is InChI=1S/C27H25N7O/c28-24-23-22(33-27(34(23)13-12-30-24)18-8-6-16(7-9-18)25(29)35)19-10-11-20-15-31-26(32-21(20)14-19)17-4-2-1-3-5-17/h1-5,10-16,18H,6-9H2,(H2,28,30)(H2,29,35). The fourth-order valence-electron chi connectivity index (χ4n) is 5.11. The summed E-state index contributed by atoms with van der Waals surface area (Å²) < 4.78 is 2.05. The van der Waals surface area contributed by atoms with Gasteiger partial charge in [0.15, 0.2) is 5.82 Å². The van der Waals surface area contributed by atoms with E-state index in [1.807, 2.05) is 65.3 Å². The highest BCUT2D eigenvalue weighted by Crippen LogP contribution is 2.38. The first-order valence-electron chi connectivity index (χ1n) is 11.8. The van der Waals surface area contributed by atoms with Gasteiger partial charge >= 0.3 is 0 Å². The Labute approximate surface area is 202 Å². The molecule has 174 valence electrons. The van der Waals surface area contributed by atoms with Gasteiger partial charge in [0, 0.05) is 46.9 Å². The molecule has 1 aliphatic rings. The van der Waals surface area contributed by atoms with Gasteiger partial charge in [0.2, 0.25) is 5.91 Å². The lowest BCUT2D eigenvalue weighted by molar-refractivity contribution is -0.122. The molecule has 0 saturated heterocycles. The number of fused-ring (bicyclic) bond motifs is 2. The maximum Gasteiger partial charge on any atom is 0.220 e. The molecule has 6 rings (SSSR count). The summed E-state index contributed by atoms with van der Waals surface area (Å²) in [6.45, 7) is 0. The number of benzene rings is 2. The van der Waals surface area contributed by atoms with Gasteiger partial charge in [-0.1, -0.05) is 42.5 Å². The lowest BCUT2D eigenvalue weighted by atomic mass is 9.81. The second-order valence-electron chi connectivity index (χ2n) is 9.13. The number of nitrogens with two attached hydrogens (primary N) is 2. The van der Waals surface area contributed by atoms with Crippen LogP contribution in [-0.4, -0.2) is 30.2 Å². The van der Waals surface area contributed by atoms with Crippen molar-refractivity contribution in [3.63, 3.8) is 0 Å². The third-order valence-corrected chi connectivity index (χ3v) is 6.99. The van der Waals surface area contributed by atoms with Crippen molar-refractivity contribution in [1.82, 2.24) is 24.3 Å². The summed E-state index contributed by atoms with van der Waals surface area (Å²) in [7, 11) is 0. The Bertz CT molecular complexity index is 1550. The van der Waals surface area contributed by atoms with Gasteiger partial charge in [0.1, 0.15) is 22.9 Å². The highest BCUT2D eigenvalue weighted by atomic mass is 16.1. The Kier molecular flexibility index (Phi) is 5.13. The van der Waals surface area contributed by atoms with E-state index in [1.165, 1.54) is 0 Å². The molecule has 0 bridgehead atoms. The quantitative estimate of drug-likeness (QED) is 0.408. The highest BCUT2D eigenvalue weighted by molar-refractivity contribution is 5.90. The average Bonchev–Trinajstić information content (AvgIpc) is 3.30. The zero-order valence-electron chi connectivity index (χ0n) is 19.1. The molecule has 0 spiro atoms. The molecule has 0 atom stereocenters. The van der Waals surface area contributed by atoms with Gasteiger partial charge in [0.25, 0.3) is 0 Å². The molecule has 8 heteroatoms. The molecule has 35 heavy (non-hydrogen) atoms.